The lowest BCUT2D eigenvalue weighted by Gasteiger charge is -2.41. The van der Waals surface area contributed by atoms with Crippen molar-refractivity contribution in [2.75, 3.05) is 34.4 Å². The van der Waals surface area contributed by atoms with Gasteiger partial charge in [0, 0.05) is 118 Å². The van der Waals surface area contributed by atoms with Crippen molar-refractivity contribution in [3.05, 3.63) is 159 Å². The molecular weight excluding hydrogens is 839 g/mol. The number of aromatic nitrogens is 6. The van der Waals surface area contributed by atoms with Crippen molar-refractivity contribution in [1.82, 2.24) is 34.5 Å². The summed E-state index contributed by atoms with van der Waals surface area (Å²) < 4.78 is 3.74. The van der Waals surface area contributed by atoms with Gasteiger partial charge in [-0.2, -0.15) is 10.2 Å². The molecule has 2 aliphatic heterocycles. The zero-order chi connectivity index (χ0) is 46.5. The highest BCUT2D eigenvalue weighted by atomic mass is 15.3. The van der Waals surface area contributed by atoms with E-state index in [9.17, 15) is 0 Å². The summed E-state index contributed by atoms with van der Waals surface area (Å²) in [5.74, 6) is 0. The largest absolute Gasteiger partial charge is 0.398 e. The van der Waals surface area contributed by atoms with Gasteiger partial charge in [-0.1, -0.05) is 84.9 Å². The lowest BCUT2D eigenvalue weighted by molar-refractivity contribution is 0.414. The summed E-state index contributed by atoms with van der Waals surface area (Å²) in [6.07, 6.45) is 15.6. The molecule has 0 radical (unpaired) electrons. The highest BCUT2D eigenvalue weighted by molar-refractivity contribution is 6.06. The number of nitrogens with one attached hydrogen (secondary N) is 1. The Morgan fingerprint density at radius 3 is 1.29 bits per heavy atom. The van der Waals surface area contributed by atoms with E-state index in [-0.39, 0.29) is 0 Å². The van der Waals surface area contributed by atoms with Crippen molar-refractivity contribution in [3.8, 4) is 44.5 Å². The highest BCUT2D eigenvalue weighted by Gasteiger charge is 2.26. The van der Waals surface area contributed by atoms with E-state index in [0.717, 1.165) is 102 Å². The van der Waals surface area contributed by atoms with Gasteiger partial charge in [0.15, 0.2) is 11.3 Å². The molecule has 5 N–H and O–H groups in total. The molecule has 6 aromatic carbocycles. The first-order valence-electron chi connectivity index (χ1n) is 23.9. The third kappa shape index (κ3) is 7.82. The fourth-order valence-electron chi connectivity index (χ4n) is 10.8. The van der Waals surface area contributed by atoms with Gasteiger partial charge in [0.05, 0.1) is 12.4 Å². The molecule has 12 rings (SSSR count). The molecule has 10 aromatic rings. The average molecular weight is 896 g/mol. The SMILES string of the molecule is C[C@@H]1CCC[C@H](C)N1c1ccc(-c2cnc3c(-c4ccc(N)c5ccccc45)cnn3c2)cc1.C[C@@H]1CNC[C@H](C)N1c1ccc(-c2cnc3c(-c4ccc(N)c5ccccc45)cnn3c2)cc1. The summed E-state index contributed by atoms with van der Waals surface area (Å²) in [5, 5.41) is 17.1. The van der Waals surface area contributed by atoms with E-state index in [4.69, 9.17) is 21.4 Å². The summed E-state index contributed by atoms with van der Waals surface area (Å²) in [4.78, 5) is 14.7. The first-order valence-corrected chi connectivity index (χ1v) is 23.9. The Balaban J connectivity index is 0.000000149. The number of anilines is 4. The molecule has 0 unspecified atom stereocenters. The number of piperazine rings is 1. The molecule has 6 heterocycles. The zero-order valence-corrected chi connectivity index (χ0v) is 39.1. The number of rotatable bonds is 6. The normalized spacial score (nSPS) is 18.6. The minimum Gasteiger partial charge on any atom is -0.398 e. The topological polar surface area (TPSA) is 131 Å². The summed E-state index contributed by atoms with van der Waals surface area (Å²) in [6.45, 7) is 11.2. The Bertz CT molecular complexity index is 3180. The minimum atomic E-state index is 0.472. The van der Waals surface area contributed by atoms with Gasteiger partial charge >= 0.3 is 0 Å². The van der Waals surface area contributed by atoms with Crippen molar-refractivity contribution >= 4 is 55.6 Å². The van der Waals surface area contributed by atoms with Crippen LogP contribution in [0.5, 0.6) is 0 Å². The van der Waals surface area contributed by atoms with E-state index in [1.54, 1.807) is 0 Å². The number of nitrogens with two attached hydrogens (primary N) is 2. The number of nitrogens with zero attached hydrogens (tertiary/aromatic N) is 8. The minimum absolute atomic E-state index is 0.472. The van der Waals surface area contributed by atoms with Crippen molar-refractivity contribution < 1.29 is 0 Å². The molecule has 2 aliphatic rings. The van der Waals surface area contributed by atoms with E-state index in [0.29, 0.717) is 24.2 Å². The monoisotopic (exact) mass is 895 g/mol. The van der Waals surface area contributed by atoms with Crippen LogP contribution in [-0.4, -0.2) is 66.5 Å². The van der Waals surface area contributed by atoms with Gasteiger partial charge in [-0.25, -0.2) is 19.0 Å². The van der Waals surface area contributed by atoms with Gasteiger partial charge in [0.1, 0.15) is 0 Å². The number of nitrogen functional groups attached to an aromatic ring is 2. The van der Waals surface area contributed by atoms with E-state index >= 15 is 0 Å². The number of hydrogen-bond acceptors (Lipinski definition) is 9. The van der Waals surface area contributed by atoms with Crippen LogP contribution in [-0.2, 0) is 0 Å². The Hall–Kier alpha value is -7.76. The molecule has 0 aliphatic carbocycles. The third-order valence-corrected chi connectivity index (χ3v) is 14.2. The smallest absolute Gasteiger partial charge is 0.162 e. The number of benzene rings is 6. The molecule has 68 heavy (non-hydrogen) atoms. The highest BCUT2D eigenvalue weighted by Crippen LogP contribution is 2.37. The maximum atomic E-state index is 6.21. The molecule has 0 bridgehead atoms. The van der Waals surface area contributed by atoms with Crippen LogP contribution in [0.25, 0.3) is 77.3 Å². The van der Waals surface area contributed by atoms with Gasteiger partial charge in [-0.05, 0) is 116 Å². The van der Waals surface area contributed by atoms with E-state index in [1.807, 2.05) is 70.2 Å². The van der Waals surface area contributed by atoms with Gasteiger partial charge < -0.3 is 26.6 Å². The maximum absolute atomic E-state index is 6.21. The summed E-state index contributed by atoms with van der Waals surface area (Å²) in [7, 11) is 0. The van der Waals surface area contributed by atoms with Crippen molar-refractivity contribution in [2.24, 2.45) is 0 Å². The van der Waals surface area contributed by atoms with Crippen molar-refractivity contribution in [1.29, 1.82) is 0 Å². The zero-order valence-electron chi connectivity index (χ0n) is 39.1. The van der Waals surface area contributed by atoms with Crippen LogP contribution in [0.1, 0.15) is 47.0 Å². The van der Waals surface area contributed by atoms with Gasteiger partial charge in [-0.15, -0.1) is 0 Å². The van der Waals surface area contributed by atoms with Crippen LogP contribution in [0.4, 0.5) is 22.7 Å². The summed E-state index contributed by atoms with van der Waals surface area (Å²) in [6, 6.07) is 44.2. The second-order valence-electron chi connectivity index (χ2n) is 18.7. The van der Waals surface area contributed by atoms with Crippen molar-refractivity contribution in [2.45, 2.75) is 71.1 Å². The second kappa shape index (κ2) is 17.8. The number of hydrogen-bond donors (Lipinski definition) is 3. The number of piperidine rings is 1. The average Bonchev–Trinajstić information content (AvgIpc) is 3.99. The molecule has 4 aromatic heterocycles. The second-order valence-corrected chi connectivity index (χ2v) is 18.7. The van der Waals surface area contributed by atoms with Crippen LogP contribution in [0, 0.1) is 0 Å². The standard InChI is InChI=1S/C29H29N5.C28H28N6/c1-19-6-5-7-20(2)34(19)23-12-10-21(11-13-23)22-16-31-29-27(17-32-33(29)18-22)25-14-15-28(30)26-9-4-3-8-24(25)26;1-18-13-30-14-19(2)34(18)22-9-7-20(8-10-22)21-15-31-28-26(16-32-33(28)17-21)24-11-12-27(29)25-6-4-3-5-23(24)25/h3-4,8-20H,5-7,30H2,1-2H3;3-12,15-19,30H,13-14,29H2,1-2H3/t19-,20+;18-,19+. The Morgan fingerprint density at radius 2 is 0.853 bits per heavy atom. The molecule has 0 saturated carbocycles. The molecule has 0 amide bonds. The first kappa shape index (κ1) is 42.8. The lowest BCUT2D eigenvalue weighted by atomic mass is 9.96. The fraction of sp³-hybridized carbons (Fsp3) is 0.228. The predicted molar refractivity (Wildman–Crippen MR) is 281 cm³/mol. The predicted octanol–water partition coefficient (Wildman–Crippen LogP) is 11.6. The molecule has 2 fully saturated rings. The molecule has 11 heteroatoms. The van der Waals surface area contributed by atoms with E-state index < -0.39 is 0 Å². The van der Waals surface area contributed by atoms with Crippen LogP contribution in [0.15, 0.2) is 159 Å². The maximum Gasteiger partial charge on any atom is 0.162 e. The van der Waals surface area contributed by atoms with E-state index in [2.05, 4.69) is 150 Å². The summed E-state index contributed by atoms with van der Waals surface area (Å²) in [5.41, 5.74) is 26.8. The third-order valence-electron chi connectivity index (χ3n) is 14.2. The fourth-order valence-corrected chi connectivity index (χ4v) is 10.8. The molecule has 2 saturated heterocycles. The molecule has 11 nitrogen and oxygen atoms in total. The molecular formula is C57H57N11. The Morgan fingerprint density at radius 1 is 0.441 bits per heavy atom. The van der Waals surface area contributed by atoms with Crippen molar-refractivity contribution in [3.63, 3.8) is 0 Å². The molecule has 340 valence electrons. The van der Waals surface area contributed by atoms with Gasteiger partial charge in [0.2, 0.25) is 0 Å². The first-order chi connectivity index (χ1) is 33.2. The Kier molecular flexibility index (Phi) is 11.2. The summed E-state index contributed by atoms with van der Waals surface area (Å²) >= 11 is 0. The number of fused-ring (bicyclic) bond motifs is 4. The molecule has 0 spiro atoms. The quantitative estimate of drug-likeness (QED) is 0.140. The molecule has 4 atom stereocenters. The van der Waals surface area contributed by atoms with E-state index in [1.165, 1.54) is 30.6 Å². The lowest BCUT2D eigenvalue weighted by Crippen LogP contribution is -2.55. The van der Waals surface area contributed by atoms with Crippen LogP contribution in [0.2, 0.25) is 0 Å². The van der Waals surface area contributed by atoms with Crippen LogP contribution in [0.3, 0.4) is 0 Å². The van der Waals surface area contributed by atoms with Gasteiger partial charge in [-0.3, -0.25) is 0 Å². The van der Waals surface area contributed by atoms with Crippen LogP contribution >= 0.6 is 0 Å². The van der Waals surface area contributed by atoms with Crippen LogP contribution < -0.4 is 26.6 Å². The Labute approximate surface area is 397 Å². The van der Waals surface area contributed by atoms with Gasteiger partial charge in [0.25, 0.3) is 0 Å².